The van der Waals surface area contributed by atoms with Crippen LogP contribution in [0.15, 0.2) is 40.5 Å². The van der Waals surface area contributed by atoms with Gasteiger partial charge in [0, 0.05) is 17.3 Å². The van der Waals surface area contributed by atoms with Crippen molar-refractivity contribution < 1.29 is 9.90 Å². The summed E-state index contributed by atoms with van der Waals surface area (Å²) in [7, 11) is 0. The highest BCUT2D eigenvalue weighted by atomic mass is 32.2. The second-order valence-electron chi connectivity index (χ2n) is 4.40. The Hall–Kier alpha value is -1.88. The molecule has 0 fully saturated rings. The summed E-state index contributed by atoms with van der Waals surface area (Å²) >= 11 is 1.35. The van der Waals surface area contributed by atoms with E-state index in [4.69, 9.17) is 5.11 Å². The van der Waals surface area contributed by atoms with Crippen LogP contribution in [-0.4, -0.2) is 21.0 Å². The van der Waals surface area contributed by atoms with E-state index < -0.39 is 5.97 Å². The Kier molecular flexibility index (Phi) is 3.21. The van der Waals surface area contributed by atoms with Crippen LogP contribution in [0.1, 0.15) is 28.0 Å². The summed E-state index contributed by atoms with van der Waals surface area (Å²) in [6.45, 7) is 0. The minimum atomic E-state index is -1.04. The molecule has 96 valence electrons. The average Bonchev–Trinajstić information content (AvgIpc) is 2.86. The van der Waals surface area contributed by atoms with E-state index in [1.165, 1.54) is 41.7 Å². The summed E-state index contributed by atoms with van der Waals surface area (Å²) in [6, 6.07) is 6.28. The summed E-state index contributed by atoms with van der Waals surface area (Å²) in [4.78, 5) is 20.1. The topological polar surface area (TPSA) is 63.1 Å². The first kappa shape index (κ1) is 12.2. The van der Waals surface area contributed by atoms with Gasteiger partial charge in [0.15, 0.2) is 5.69 Å². The van der Waals surface area contributed by atoms with E-state index in [9.17, 15) is 4.79 Å². The second kappa shape index (κ2) is 5.01. The number of benzene rings is 1. The predicted octanol–water partition coefficient (Wildman–Crippen LogP) is 2.81. The Morgan fingerprint density at radius 1 is 1.16 bits per heavy atom. The molecule has 0 spiro atoms. The molecule has 1 aliphatic carbocycles. The Balaban J connectivity index is 1.91. The quantitative estimate of drug-likeness (QED) is 0.930. The highest BCUT2D eigenvalue weighted by molar-refractivity contribution is 7.99. The number of hydrogen-bond donors (Lipinski definition) is 1. The largest absolute Gasteiger partial charge is 0.476 e. The van der Waals surface area contributed by atoms with Gasteiger partial charge in [-0.2, -0.15) is 0 Å². The van der Waals surface area contributed by atoms with Crippen LogP contribution < -0.4 is 0 Å². The SMILES string of the molecule is O=C(O)c1nccnc1Sc1ccc2c(c1)CCC2. The number of fused-ring (bicyclic) bond motifs is 1. The first-order valence-corrected chi connectivity index (χ1v) is 6.89. The minimum Gasteiger partial charge on any atom is -0.476 e. The Bertz CT molecular complexity index is 643. The fourth-order valence-electron chi connectivity index (χ4n) is 2.27. The molecule has 0 radical (unpaired) electrons. The molecular formula is C14H12N2O2S. The van der Waals surface area contributed by atoms with Gasteiger partial charge in [0.05, 0.1) is 0 Å². The standard InChI is InChI=1S/C14H12N2O2S/c17-14(18)12-13(16-7-6-15-12)19-11-5-4-9-2-1-3-10(9)8-11/h4-8H,1-3H2,(H,17,18). The van der Waals surface area contributed by atoms with E-state index in [0.717, 1.165) is 17.7 Å². The van der Waals surface area contributed by atoms with E-state index in [2.05, 4.69) is 22.1 Å². The molecule has 2 aromatic rings. The first-order chi connectivity index (χ1) is 9.24. The molecule has 3 rings (SSSR count). The van der Waals surface area contributed by atoms with Gasteiger partial charge in [-0.05, 0) is 42.5 Å². The fraction of sp³-hybridized carbons (Fsp3) is 0.214. The van der Waals surface area contributed by atoms with Crippen molar-refractivity contribution in [2.24, 2.45) is 0 Å². The smallest absolute Gasteiger partial charge is 0.357 e. The van der Waals surface area contributed by atoms with E-state index in [-0.39, 0.29) is 5.69 Å². The first-order valence-electron chi connectivity index (χ1n) is 6.08. The number of carbonyl (C=O) groups is 1. The van der Waals surface area contributed by atoms with E-state index in [1.807, 2.05) is 6.07 Å². The van der Waals surface area contributed by atoms with Gasteiger partial charge >= 0.3 is 5.97 Å². The second-order valence-corrected chi connectivity index (χ2v) is 5.46. The van der Waals surface area contributed by atoms with Gasteiger partial charge in [0.1, 0.15) is 5.03 Å². The molecule has 1 aromatic carbocycles. The molecule has 0 saturated heterocycles. The van der Waals surface area contributed by atoms with Gasteiger partial charge in [-0.15, -0.1) is 0 Å². The van der Waals surface area contributed by atoms with Crippen LogP contribution >= 0.6 is 11.8 Å². The summed E-state index contributed by atoms with van der Waals surface area (Å²) in [5.41, 5.74) is 2.78. The molecule has 0 bridgehead atoms. The maximum absolute atomic E-state index is 11.1. The van der Waals surface area contributed by atoms with Crippen molar-refractivity contribution in [3.8, 4) is 0 Å². The van der Waals surface area contributed by atoms with Gasteiger partial charge in [-0.25, -0.2) is 14.8 Å². The molecular weight excluding hydrogens is 260 g/mol. The van der Waals surface area contributed by atoms with Crippen LogP contribution in [0.5, 0.6) is 0 Å². The summed E-state index contributed by atoms with van der Waals surface area (Å²) in [5, 5.41) is 9.52. The zero-order valence-corrected chi connectivity index (χ0v) is 11.0. The molecule has 19 heavy (non-hydrogen) atoms. The van der Waals surface area contributed by atoms with Gasteiger partial charge in [-0.3, -0.25) is 0 Å². The zero-order chi connectivity index (χ0) is 13.2. The van der Waals surface area contributed by atoms with Crippen molar-refractivity contribution in [1.82, 2.24) is 9.97 Å². The highest BCUT2D eigenvalue weighted by Gasteiger charge is 2.15. The number of rotatable bonds is 3. The lowest BCUT2D eigenvalue weighted by Crippen LogP contribution is -2.03. The number of carboxylic acid groups (broad SMARTS) is 1. The van der Waals surface area contributed by atoms with Gasteiger partial charge < -0.3 is 5.11 Å². The van der Waals surface area contributed by atoms with Gasteiger partial charge in [0.2, 0.25) is 0 Å². The normalized spacial score (nSPS) is 13.3. The van der Waals surface area contributed by atoms with Crippen molar-refractivity contribution in [3.05, 3.63) is 47.4 Å². The Morgan fingerprint density at radius 3 is 2.79 bits per heavy atom. The third-order valence-corrected chi connectivity index (χ3v) is 4.13. The molecule has 1 aliphatic rings. The van der Waals surface area contributed by atoms with Crippen molar-refractivity contribution in [1.29, 1.82) is 0 Å². The molecule has 0 saturated carbocycles. The fourth-order valence-corrected chi connectivity index (χ4v) is 3.18. The third-order valence-electron chi connectivity index (χ3n) is 3.15. The van der Waals surface area contributed by atoms with Crippen molar-refractivity contribution in [2.75, 3.05) is 0 Å². The number of aromatic nitrogens is 2. The number of aryl methyl sites for hydroxylation is 2. The number of nitrogens with zero attached hydrogens (tertiary/aromatic N) is 2. The summed E-state index contributed by atoms with van der Waals surface area (Å²) in [6.07, 6.45) is 6.37. The number of carboxylic acids is 1. The van der Waals surface area contributed by atoms with E-state index >= 15 is 0 Å². The molecule has 1 N–H and O–H groups in total. The lowest BCUT2D eigenvalue weighted by Gasteiger charge is -2.05. The maximum Gasteiger partial charge on any atom is 0.357 e. The highest BCUT2D eigenvalue weighted by Crippen LogP contribution is 2.32. The van der Waals surface area contributed by atoms with Gasteiger partial charge in [0.25, 0.3) is 0 Å². The Morgan fingerprint density at radius 2 is 1.95 bits per heavy atom. The minimum absolute atomic E-state index is 0.00741. The monoisotopic (exact) mass is 272 g/mol. The van der Waals surface area contributed by atoms with Crippen molar-refractivity contribution in [3.63, 3.8) is 0 Å². The molecule has 1 heterocycles. The zero-order valence-electron chi connectivity index (χ0n) is 10.2. The number of aromatic carboxylic acids is 1. The molecule has 0 aliphatic heterocycles. The maximum atomic E-state index is 11.1. The van der Waals surface area contributed by atoms with Crippen LogP contribution in [0.4, 0.5) is 0 Å². The summed E-state index contributed by atoms with van der Waals surface area (Å²) < 4.78 is 0. The summed E-state index contributed by atoms with van der Waals surface area (Å²) in [5.74, 6) is -1.04. The van der Waals surface area contributed by atoms with E-state index in [0.29, 0.717) is 5.03 Å². The lowest BCUT2D eigenvalue weighted by molar-refractivity contribution is 0.0685. The number of hydrogen-bond acceptors (Lipinski definition) is 4. The Labute approximate surface area is 114 Å². The molecule has 5 heteroatoms. The molecule has 0 atom stereocenters. The predicted molar refractivity (Wildman–Crippen MR) is 71.6 cm³/mol. The van der Waals surface area contributed by atoms with Crippen molar-refractivity contribution in [2.45, 2.75) is 29.2 Å². The van der Waals surface area contributed by atoms with E-state index in [1.54, 1.807) is 0 Å². The lowest BCUT2D eigenvalue weighted by atomic mass is 10.1. The van der Waals surface area contributed by atoms with Crippen LogP contribution in [0.2, 0.25) is 0 Å². The average molecular weight is 272 g/mol. The van der Waals surface area contributed by atoms with Crippen molar-refractivity contribution >= 4 is 17.7 Å². The van der Waals surface area contributed by atoms with Crippen LogP contribution in [0.25, 0.3) is 0 Å². The van der Waals surface area contributed by atoms with Crippen LogP contribution in [-0.2, 0) is 12.8 Å². The third kappa shape index (κ3) is 2.46. The van der Waals surface area contributed by atoms with Gasteiger partial charge in [-0.1, -0.05) is 17.8 Å². The molecule has 1 aromatic heterocycles. The molecule has 0 amide bonds. The molecule has 4 nitrogen and oxygen atoms in total. The van der Waals surface area contributed by atoms with Crippen LogP contribution in [0.3, 0.4) is 0 Å². The van der Waals surface area contributed by atoms with Crippen LogP contribution in [0, 0.1) is 0 Å². The molecule has 0 unspecified atom stereocenters.